The summed E-state index contributed by atoms with van der Waals surface area (Å²) in [5.41, 5.74) is 0. The summed E-state index contributed by atoms with van der Waals surface area (Å²) in [6.45, 7) is -1.12. The van der Waals surface area contributed by atoms with Crippen molar-refractivity contribution in [1.82, 2.24) is 0 Å². The third-order valence-electron chi connectivity index (χ3n) is 4.17. The molecule has 10 nitrogen and oxygen atoms in total. The molecule has 2 fully saturated rings. The predicted molar refractivity (Wildman–Crippen MR) is 72.3 cm³/mol. The number of rotatable bonds is 5. The van der Waals surface area contributed by atoms with E-state index in [9.17, 15) is 25.5 Å². The van der Waals surface area contributed by atoms with Crippen molar-refractivity contribution < 1.29 is 49.6 Å². The lowest BCUT2D eigenvalue weighted by Gasteiger charge is -2.44. The van der Waals surface area contributed by atoms with Crippen LogP contribution in [0.4, 0.5) is 0 Å². The van der Waals surface area contributed by atoms with Crippen LogP contribution in [0.15, 0.2) is 0 Å². The smallest absolute Gasteiger partial charge is 0.187 e. The van der Waals surface area contributed by atoms with Crippen molar-refractivity contribution >= 4 is 0 Å². The van der Waals surface area contributed by atoms with Crippen LogP contribution in [0.25, 0.3) is 0 Å². The van der Waals surface area contributed by atoms with Gasteiger partial charge < -0.3 is 49.6 Å². The lowest BCUT2D eigenvalue weighted by molar-refractivity contribution is -0.334. The van der Waals surface area contributed by atoms with Crippen LogP contribution in [0, 0.1) is 0 Å². The van der Waals surface area contributed by atoms with E-state index < -0.39 is 68.3 Å². The molecule has 6 N–H and O–H groups in total. The van der Waals surface area contributed by atoms with Crippen molar-refractivity contribution in [2.75, 3.05) is 26.9 Å². The number of hydrogen-bond acceptors (Lipinski definition) is 10. The molecule has 0 radical (unpaired) electrons. The molecular formula is C13H24O10. The van der Waals surface area contributed by atoms with Crippen LogP contribution in [0.5, 0.6) is 0 Å². The van der Waals surface area contributed by atoms with Gasteiger partial charge in [0.25, 0.3) is 0 Å². The van der Waals surface area contributed by atoms with Gasteiger partial charge in [-0.1, -0.05) is 0 Å². The van der Waals surface area contributed by atoms with Crippen LogP contribution in [0.3, 0.4) is 0 Å². The minimum atomic E-state index is -1.38. The largest absolute Gasteiger partial charge is 0.394 e. The van der Waals surface area contributed by atoms with E-state index in [1.54, 1.807) is 0 Å². The Morgan fingerprint density at radius 2 is 1.57 bits per heavy atom. The van der Waals surface area contributed by atoms with E-state index in [0.717, 1.165) is 0 Å². The normalized spacial score (nSPS) is 48.4. The molecule has 2 aliphatic heterocycles. The zero-order chi connectivity index (χ0) is 17.1. The summed E-state index contributed by atoms with van der Waals surface area (Å²) in [5, 5.41) is 58.2. The monoisotopic (exact) mass is 340 g/mol. The zero-order valence-electron chi connectivity index (χ0n) is 12.6. The van der Waals surface area contributed by atoms with Crippen LogP contribution in [0.1, 0.15) is 0 Å². The van der Waals surface area contributed by atoms with E-state index in [0.29, 0.717) is 0 Å². The fourth-order valence-electron chi connectivity index (χ4n) is 2.75. The number of ether oxygens (including phenoxy) is 4. The van der Waals surface area contributed by atoms with Crippen molar-refractivity contribution in [3.8, 4) is 0 Å². The van der Waals surface area contributed by atoms with Crippen molar-refractivity contribution in [3.05, 3.63) is 0 Å². The highest BCUT2D eigenvalue weighted by Gasteiger charge is 2.48. The van der Waals surface area contributed by atoms with Crippen LogP contribution in [-0.2, 0) is 18.9 Å². The summed E-state index contributed by atoms with van der Waals surface area (Å²) < 4.78 is 20.9. The van der Waals surface area contributed by atoms with Crippen molar-refractivity contribution in [3.63, 3.8) is 0 Å². The van der Waals surface area contributed by atoms with Gasteiger partial charge in [-0.15, -0.1) is 0 Å². The summed E-state index contributed by atoms with van der Waals surface area (Å²) in [7, 11) is 1.28. The topological polar surface area (TPSA) is 158 Å². The van der Waals surface area contributed by atoms with Crippen LogP contribution in [0.2, 0.25) is 0 Å². The minimum Gasteiger partial charge on any atom is -0.394 e. The second kappa shape index (κ2) is 8.12. The fourth-order valence-corrected chi connectivity index (χ4v) is 2.75. The van der Waals surface area contributed by atoms with Gasteiger partial charge >= 0.3 is 0 Å². The molecule has 23 heavy (non-hydrogen) atoms. The molecule has 2 heterocycles. The lowest BCUT2D eigenvalue weighted by atomic mass is 9.98. The van der Waals surface area contributed by atoms with Gasteiger partial charge in [-0.05, 0) is 0 Å². The van der Waals surface area contributed by atoms with E-state index in [1.165, 1.54) is 7.11 Å². The minimum absolute atomic E-state index is 0.139. The van der Waals surface area contributed by atoms with Crippen LogP contribution in [-0.4, -0.2) is 113 Å². The summed E-state index contributed by atoms with van der Waals surface area (Å²) >= 11 is 0. The Labute approximate surface area is 132 Å². The van der Waals surface area contributed by atoms with E-state index in [1.807, 2.05) is 0 Å². The lowest BCUT2D eigenvalue weighted by Crippen LogP contribution is -2.62. The maximum absolute atomic E-state index is 10.2. The number of methoxy groups -OCH3 is 1. The van der Waals surface area contributed by atoms with Crippen molar-refractivity contribution in [2.24, 2.45) is 0 Å². The molecule has 2 rings (SSSR count). The predicted octanol–water partition coefficient (Wildman–Crippen LogP) is -4.06. The summed E-state index contributed by atoms with van der Waals surface area (Å²) in [6.07, 6.45) is -10.7. The SMILES string of the molecule is CO[C@@H]1[C@@H](O)[C@@H](O[C@H]2CO[C@H](CO)[C@@H](O)[C@@H]2O)O[C@H](CO)[C@H]1O. The van der Waals surface area contributed by atoms with E-state index in [2.05, 4.69) is 0 Å². The second-order valence-corrected chi connectivity index (χ2v) is 5.62. The molecule has 0 amide bonds. The molecule has 136 valence electrons. The highest BCUT2D eigenvalue weighted by atomic mass is 16.7. The van der Waals surface area contributed by atoms with E-state index in [4.69, 9.17) is 24.1 Å². The molecule has 0 aliphatic carbocycles. The van der Waals surface area contributed by atoms with Crippen molar-refractivity contribution in [2.45, 2.75) is 55.1 Å². The van der Waals surface area contributed by atoms with Gasteiger partial charge in [-0.2, -0.15) is 0 Å². The Balaban J connectivity index is 2.03. The molecule has 9 atom stereocenters. The Bertz CT molecular complexity index is 369. The van der Waals surface area contributed by atoms with Gasteiger partial charge in [-0.3, -0.25) is 0 Å². The second-order valence-electron chi connectivity index (χ2n) is 5.62. The first kappa shape index (κ1) is 18.9. The first-order valence-electron chi connectivity index (χ1n) is 7.33. The fraction of sp³-hybridized carbons (Fsp3) is 1.00. The molecule has 2 aliphatic rings. The van der Waals surface area contributed by atoms with Crippen LogP contribution >= 0.6 is 0 Å². The molecule has 0 spiro atoms. The summed E-state index contributed by atoms with van der Waals surface area (Å²) in [6, 6.07) is 0. The molecule has 2 saturated heterocycles. The molecule has 0 saturated carbocycles. The first-order valence-corrected chi connectivity index (χ1v) is 7.33. The van der Waals surface area contributed by atoms with E-state index >= 15 is 0 Å². The Morgan fingerprint density at radius 1 is 0.913 bits per heavy atom. The molecule has 0 aromatic rings. The van der Waals surface area contributed by atoms with Crippen molar-refractivity contribution in [1.29, 1.82) is 0 Å². The highest BCUT2D eigenvalue weighted by Crippen LogP contribution is 2.27. The first-order chi connectivity index (χ1) is 10.9. The number of hydrogen-bond donors (Lipinski definition) is 6. The Hall–Kier alpha value is -0.400. The van der Waals surface area contributed by atoms with Gasteiger partial charge in [0.15, 0.2) is 6.29 Å². The zero-order valence-corrected chi connectivity index (χ0v) is 12.6. The number of aliphatic hydroxyl groups excluding tert-OH is 6. The molecule has 10 heteroatoms. The number of aliphatic hydroxyl groups is 6. The van der Waals surface area contributed by atoms with Gasteiger partial charge in [-0.25, -0.2) is 0 Å². The molecule has 0 aromatic heterocycles. The Kier molecular flexibility index (Phi) is 6.68. The third-order valence-corrected chi connectivity index (χ3v) is 4.17. The van der Waals surface area contributed by atoms with Gasteiger partial charge in [0.1, 0.15) is 48.8 Å². The van der Waals surface area contributed by atoms with Gasteiger partial charge in [0, 0.05) is 7.11 Å². The molecule has 0 aromatic carbocycles. The van der Waals surface area contributed by atoms with E-state index in [-0.39, 0.29) is 6.61 Å². The molecule has 0 unspecified atom stereocenters. The summed E-state index contributed by atoms with van der Waals surface area (Å²) in [5.74, 6) is 0. The standard InChI is InChI=1S/C13H24O10/c1-20-12-10(18)6(3-15)22-13(11(12)19)23-7-4-21-5(2-14)8(16)9(7)17/h5-19H,2-4H2,1H3/t5-,6-,7+,8-,9-,10-,11-,12+,13-/m1/s1. The van der Waals surface area contributed by atoms with Crippen LogP contribution < -0.4 is 0 Å². The molecule has 0 bridgehead atoms. The third kappa shape index (κ3) is 3.82. The Morgan fingerprint density at radius 3 is 2.13 bits per heavy atom. The molecular weight excluding hydrogens is 316 g/mol. The quantitative estimate of drug-likeness (QED) is 0.291. The maximum atomic E-state index is 10.2. The highest BCUT2D eigenvalue weighted by molar-refractivity contribution is 4.92. The summed E-state index contributed by atoms with van der Waals surface area (Å²) in [4.78, 5) is 0. The maximum Gasteiger partial charge on any atom is 0.187 e. The van der Waals surface area contributed by atoms with Gasteiger partial charge in [0.2, 0.25) is 0 Å². The average Bonchev–Trinajstić information content (AvgIpc) is 2.55. The van der Waals surface area contributed by atoms with Gasteiger partial charge in [0.05, 0.1) is 19.8 Å². The average molecular weight is 340 g/mol.